The van der Waals surface area contributed by atoms with E-state index in [0.29, 0.717) is 5.56 Å². The molecule has 64 valence electrons. The molecule has 4 heteroatoms. The van der Waals surface area contributed by atoms with Gasteiger partial charge in [0.05, 0.1) is 0 Å². The summed E-state index contributed by atoms with van der Waals surface area (Å²) in [6.45, 7) is 0. The molecule has 2 aromatic rings. The molecule has 0 atom stereocenters. The van der Waals surface area contributed by atoms with Gasteiger partial charge in [-0.05, 0) is 5.56 Å². The third kappa shape index (κ3) is 2.68. The first-order valence-corrected chi connectivity index (χ1v) is 3.24. The average Bonchev–Trinajstić information content (AvgIpc) is 2.50. The van der Waals surface area contributed by atoms with Crippen LogP contribution in [0.1, 0.15) is 10.4 Å². The van der Waals surface area contributed by atoms with Crippen LogP contribution in [0.5, 0.6) is 0 Å². The van der Waals surface area contributed by atoms with Gasteiger partial charge in [-0.3, -0.25) is 4.79 Å². The summed E-state index contributed by atoms with van der Waals surface area (Å²) in [5.74, 6) is 0. The van der Waals surface area contributed by atoms with Gasteiger partial charge in [0.15, 0.2) is 0 Å². The number of rotatable bonds is 1. The van der Waals surface area contributed by atoms with Crippen molar-refractivity contribution in [3.63, 3.8) is 0 Å². The van der Waals surface area contributed by atoms with Crippen LogP contribution in [0.3, 0.4) is 0 Å². The fourth-order valence-corrected chi connectivity index (χ4v) is 0.993. The van der Waals surface area contributed by atoms with E-state index in [2.05, 4.69) is 6.07 Å². The Labute approximate surface area is 109 Å². The molecule has 0 amide bonds. The Morgan fingerprint density at radius 1 is 1.38 bits per heavy atom. The van der Waals surface area contributed by atoms with Crippen molar-refractivity contribution in [3.8, 4) is 0 Å². The van der Waals surface area contributed by atoms with Crippen molar-refractivity contribution in [1.29, 1.82) is 0 Å². The zero-order valence-electron chi connectivity index (χ0n) is 6.66. The second-order valence-electron chi connectivity index (χ2n) is 2.25. The van der Waals surface area contributed by atoms with Gasteiger partial charge in [-0.15, -0.1) is 17.5 Å². The predicted molar refractivity (Wildman–Crippen MR) is 40.4 cm³/mol. The summed E-state index contributed by atoms with van der Waals surface area (Å²) in [7, 11) is 0. The van der Waals surface area contributed by atoms with Crippen molar-refractivity contribution >= 4 is 17.3 Å². The van der Waals surface area contributed by atoms with Crippen LogP contribution in [0.15, 0.2) is 28.9 Å². The number of carbonyl (C=O) groups excluding carboxylic acids is 1. The summed E-state index contributed by atoms with van der Waals surface area (Å²) >= 11 is 0. The van der Waals surface area contributed by atoms with Gasteiger partial charge < -0.3 is 4.42 Å². The molecule has 0 saturated carbocycles. The summed E-state index contributed by atoms with van der Waals surface area (Å²) in [5.41, 5.74) is 1.41. The fourth-order valence-electron chi connectivity index (χ4n) is 0.993. The molecule has 1 aromatic carbocycles. The van der Waals surface area contributed by atoms with E-state index in [1.807, 2.05) is 0 Å². The summed E-state index contributed by atoms with van der Waals surface area (Å²) in [5, 5.41) is 0.842. The van der Waals surface area contributed by atoms with Gasteiger partial charge in [-0.2, -0.15) is 0 Å². The molecule has 0 fully saturated rings. The fraction of sp³-hybridized carbons (Fsp3) is 0. The molecule has 0 spiro atoms. The maximum atomic E-state index is 10.3. The Kier molecular flexibility index (Phi) is 5.58. The van der Waals surface area contributed by atoms with Gasteiger partial charge in [-0.1, -0.05) is 12.1 Å². The number of hydrogen-bond donors (Lipinski definition) is 0. The largest absolute Gasteiger partial charge is 0.536 e. The molecule has 0 unspecified atom stereocenters. The molecule has 13 heavy (non-hydrogen) atoms. The molecule has 0 aliphatic heterocycles. The number of carbonyl (C=O) groups is 1. The molecule has 1 heterocycles. The van der Waals surface area contributed by atoms with E-state index >= 15 is 0 Å². The van der Waals surface area contributed by atoms with Gasteiger partial charge in [0, 0.05) is 58.8 Å². The van der Waals surface area contributed by atoms with Gasteiger partial charge in [-0.25, -0.2) is 0 Å². The third-order valence-electron chi connectivity index (χ3n) is 1.54. The van der Waals surface area contributed by atoms with Crippen LogP contribution in [-0.2, 0) is 32.7 Å². The van der Waals surface area contributed by atoms with E-state index in [1.54, 1.807) is 18.2 Å². The minimum atomic E-state index is 0. The molecular formula is C9H5AmO2Y-. The van der Waals surface area contributed by atoms with Gasteiger partial charge in [0.1, 0.15) is 6.29 Å². The standard InChI is InChI=1S/C9H5O2.Am.Y/c10-6-7-1-2-9-8(5-7)3-4-11-9;;/h1-2,4-6H;;/q-1;;. The summed E-state index contributed by atoms with van der Waals surface area (Å²) < 4.78 is 5.05. The zero-order valence-corrected chi connectivity index (χ0v) is 12.6. The average molecular weight is 477 g/mol. The predicted octanol–water partition coefficient (Wildman–Crippen LogP) is 2.04. The molecule has 2 nitrogen and oxygen atoms in total. The van der Waals surface area contributed by atoms with Crippen molar-refractivity contribution in [2.75, 3.05) is 0 Å². The second-order valence-corrected chi connectivity index (χ2v) is 2.25. The molecule has 0 aliphatic carbocycles. The van der Waals surface area contributed by atoms with E-state index < -0.39 is 0 Å². The van der Waals surface area contributed by atoms with Crippen molar-refractivity contribution in [2.45, 2.75) is 0 Å². The van der Waals surface area contributed by atoms with Gasteiger partial charge >= 0.3 is 0 Å². The number of benzene rings is 1. The zero-order chi connectivity index (χ0) is 7.68. The Hall–Kier alpha value is -0.0765. The molecular weight excluding hydrogens is 472 g/mol. The van der Waals surface area contributed by atoms with Crippen LogP contribution in [0, 0.1) is 20.3 Å². The molecule has 1 aromatic heterocycles. The van der Waals surface area contributed by atoms with Crippen molar-refractivity contribution in [1.82, 2.24) is 0 Å². The first-order chi connectivity index (χ1) is 5.40. The number of aldehydes is 1. The number of furan rings is 1. The summed E-state index contributed by atoms with van der Waals surface area (Å²) in [6.07, 6.45) is 2.29. The first-order valence-electron chi connectivity index (χ1n) is 3.24. The molecule has 2 rings (SSSR count). The monoisotopic (exact) mass is 475 g/mol. The SMILES string of the molecule is O=Cc1ccc2oc[c-]c2c1.[Am].[Y]. The quantitative estimate of drug-likeness (QED) is 0.466. The van der Waals surface area contributed by atoms with Crippen molar-refractivity contribution < 1.29 is 56.2 Å². The van der Waals surface area contributed by atoms with E-state index in [-0.39, 0.29) is 47.0 Å². The molecule has 0 aliphatic rings. The van der Waals surface area contributed by atoms with E-state index in [9.17, 15) is 4.79 Å². The van der Waals surface area contributed by atoms with Crippen LogP contribution in [-0.4, -0.2) is 6.29 Å². The minimum absolute atomic E-state index is 0. The number of hydrogen-bond acceptors (Lipinski definition) is 2. The Morgan fingerprint density at radius 3 is 2.85 bits per heavy atom. The van der Waals surface area contributed by atoms with Crippen LogP contribution < -0.4 is 0 Å². The normalized spacial score (nSPS) is 8.62. The van der Waals surface area contributed by atoms with E-state index in [0.717, 1.165) is 17.3 Å². The Balaban J connectivity index is 0.000000720. The maximum Gasteiger partial charge on any atom is 0.137 e. The maximum absolute atomic E-state index is 10.3. The molecule has 0 bridgehead atoms. The Morgan fingerprint density at radius 2 is 2.15 bits per heavy atom. The molecule has 0 N–H and O–H groups in total. The first kappa shape index (κ1) is 12.9. The van der Waals surface area contributed by atoms with Gasteiger partial charge in [0.2, 0.25) is 0 Å². The van der Waals surface area contributed by atoms with Crippen LogP contribution in [0.2, 0.25) is 0 Å². The summed E-state index contributed by atoms with van der Waals surface area (Å²) in [6, 6.07) is 8.09. The van der Waals surface area contributed by atoms with E-state index in [4.69, 9.17) is 4.42 Å². The second kappa shape index (κ2) is 5.61. The van der Waals surface area contributed by atoms with Crippen LogP contribution >= 0.6 is 0 Å². The van der Waals surface area contributed by atoms with Crippen molar-refractivity contribution in [3.05, 3.63) is 36.1 Å². The van der Waals surface area contributed by atoms with Crippen molar-refractivity contribution in [2.24, 2.45) is 0 Å². The minimum Gasteiger partial charge on any atom is -0.536 e. The summed E-state index contributed by atoms with van der Waals surface area (Å²) in [4.78, 5) is 10.3. The third-order valence-corrected chi connectivity index (χ3v) is 1.54. The van der Waals surface area contributed by atoms with E-state index in [1.165, 1.54) is 6.26 Å². The van der Waals surface area contributed by atoms with Gasteiger partial charge in [0.25, 0.3) is 0 Å². The molecule has 2 radical (unpaired) electrons. The van der Waals surface area contributed by atoms with Crippen LogP contribution in [0.25, 0.3) is 11.0 Å². The smallest absolute Gasteiger partial charge is 0.137 e. The van der Waals surface area contributed by atoms with Crippen LogP contribution in [0.4, 0.5) is 0 Å². The molecule has 0 saturated heterocycles. The Bertz CT molecular complexity index is 397. The number of fused-ring (bicyclic) bond motifs is 1. The topological polar surface area (TPSA) is 30.2 Å².